The Bertz CT molecular complexity index is 1090. The number of methoxy groups -OCH3 is 1. The van der Waals surface area contributed by atoms with Gasteiger partial charge in [0.1, 0.15) is 10.6 Å². The molecular weight excluding hydrogens is 424 g/mol. The third-order valence-electron chi connectivity index (χ3n) is 6.04. The van der Waals surface area contributed by atoms with Crippen LogP contribution in [0.5, 0.6) is 5.75 Å². The van der Waals surface area contributed by atoms with Gasteiger partial charge in [-0.3, -0.25) is 0 Å². The number of hydrogen-bond acceptors (Lipinski definition) is 6. The normalized spacial score (nSPS) is 15.8. The van der Waals surface area contributed by atoms with Crippen LogP contribution in [0.15, 0.2) is 47.4 Å². The molecule has 2 aromatic rings. The Hall–Kier alpha value is -2.60. The number of rotatable bonds is 11. The van der Waals surface area contributed by atoms with Gasteiger partial charge in [-0.05, 0) is 82.6 Å². The predicted molar refractivity (Wildman–Crippen MR) is 126 cm³/mol. The zero-order valence-electron chi connectivity index (χ0n) is 19.2. The quantitative estimate of drug-likeness (QED) is 0.538. The topological polar surface area (TPSA) is 94.5 Å². The molecule has 1 aliphatic carbocycles. The van der Waals surface area contributed by atoms with E-state index in [4.69, 9.17) is 4.74 Å². The first kappa shape index (κ1) is 24.1. The molecule has 1 saturated carbocycles. The number of sulfonamides is 1. The maximum Gasteiger partial charge on any atom is 0.243 e. The maximum atomic E-state index is 13.4. The van der Waals surface area contributed by atoms with E-state index in [-0.39, 0.29) is 4.90 Å². The molecule has 1 aliphatic rings. The van der Waals surface area contributed by atoms with E-state index in [2.05, 4.69) is 21.9 Å². The van der Waals surface area contributed by atoms with Gasteiger partial charge < -0.3 is 15.0 Å². The Balaban J connectivity index is 1.79. The molecule has 8 heteroatoms. The first-order chi connectivity index (χ1) is 15.2. The van der Waals surface area contributed by atoms with E-state index < -0.39 is 15.6 Å². The first-order valence-corrected chi connectivity index (χ1v) is 12.3. The molecule has 2 aromatic carbocycles. The van der Waals surface area contributed by atoms with E-state index in [9.17, 15) is 13.7 Å². The average molecular weight is 457 g/mol. The monoisotopic (exact) mass is 456 g/mol. The Kier molecular flexibility index (Phi) is 7.44. The summed E-state index contributed by atoms with van der Waals surface area (Å²) in [5.74, 6) is 0.751. The molecule has 3 rings (SSSR count). The third-order valence-corrected chi connectivity index (χ3v) is 7.66. The summed E-state index contributed by atoms with van der Waals surface area (Å²) in [6, 6.07) is 14.9. The van der Waals surface area contributed by atoms with Gasteiger partial charge in [-0.1, -0.05) is 12.1 Å². The van der Waals surface area contributed by atoms with Crippen molar-refractivity contribution in [2.24, 2.45) is 0 Å². The SMILES string of the molecule is COc1cccc(CC2(NS(=O)(=O)c3cc(C#N)ccc3NCCC(C)N(C)C)CC2)c1. The second-order valence-corrected chi connectivity index (χ2v) is 10.4. The van der Waals surface area contributed by atoms with Crippen LogP contribution in [0.3, 0.4) is 0 Å². The molecule has 1 unspecified atom stereocenters. The lowest BCUT2D eigenvalue weighted by atomic mass is 10.1. The van der Waals surface area contributed by atoms with Crippen LogP contribution in [0.1, 0.15) is 37.3 Å². The number of hydrogen-bond donors (Lipinski definition) is 2. The number of anilines is 1. The van der Waals surface area contributed by atoms with Crippen LogP contribution >= 0.6 is 0 Å². The van der Waals surface area contributed by atoms with Crippen molar-refractivity contribution in [3.05, 3.63) is 53.6 Å². The minimum Gasteiger partial charge on any atom is -0.497 e. The zero-order valence-corrected chi connectivity index (χ0v) is 20.0. The van der Waals surface area contributed by atoms with Crippen LogP contribution in [0.4, 0.5) is 5.69 Å². The molecule has 1 atom stereocenters. The lowest BCUT2D eigenvalue weighted by molar-refractivity contribution is 0.304. The molecule has 0 radical (unpaired) electrons. The standard InChI is InChI=1S/C24H32N4O3S/c1-18(28(2)3)10-13-26-22-9-8-20(17-25)15-23(22)32(29,30)27-24(11-12-24)16-19-6-5-7-21(14-19)31-4/h5-9,14-15,18,26-27H,10-13,16H2,1-4H3. The van der Waals surface area contributed by atoms with E-state index in [1.807, 2.05) is 44.4 Å². The molecule has 2 N–H and O–H groups in total. The molecule has 7 nitrogen and oxygen atoms in total. The highest BCUT2D eigenvalue weighted by Gasteiger charge is 2.46. The third kappa shape index (κ3) is 6.00. The Morgan fingerprint density at radius 2 is 1.97 bits per heavy atom. The predicted octanol–water partition coefficient (Wildman–Crippen LogP) is 3.37. The van der Waals surface area contributed by atoms with Crippen LogP contribution < -0.4 is 14.8 Å². The minimum atomic E-state index is -3.83. The Labute approximate surface area is 191 Å². The number of nitriles is 1. The summed E-state index contributed by atoms with van der Waals surface area (Å²) in [6.07, 6.45) is 2.99. The largest absolute Gasteiger partial charge is 0.497 e. The van der Waals surface area contributed by atoms with Gasteiger partial charge in [0.15, 0.2) is 0 Å². The fraction of sp³-hybridized carbons (Fsp3) is 0.458. The van der Waals surface area contributed by atoms with Gasteiger partial charge >= 0.3 is 0 Å². The second-order valence-electron chi connectivity index (χ2n) is 8.76. The summed E-state index contributed by atoms with van der Waals surface area (Å²) in [4.78, 5) is 2.24. The maximum absolute atomic E-state index is 13.4. The van der Waals surface area contributed by atoms with E-state index >= 15 is 0 Å². The first-order valence-electron chi connectivity index (χ1n) is 10.8. The van der Waals surface area contributed by atoms with Crippen LogP contribution in [0.2, 0.25) is 0 Å². The van der Waals surface area contributed by atoms with Crippen LogP contribution in [0.25, 0.3) is 0 Å². The Morgan fingerprint density at radius 3 is 2.59 bits per heavy atom. The summed E-state index contributed by atoms with van der Waals surface area (Å²) < 4.78 is 35.0. The van der Waals surface area contributed by atoms with Gasteiger partial charge in [-0.15, -0.1) is 0 Å². The van der Waals surface area contributed by atoms with Gasteiger partial charge in [0.2, 0.25) is 10.0 Å². The number of benzene rings is 2. The van der Waals surface area contributed by atoms with Crippen molar-refractivity contribution < 1.29 is 13.2 Å². The van der Waals surface area contributed by atoms with Crippen molar-refractivity contribution in [3.8, 4) is 11.8 Å². The van der Waals surface area contributed by atoms with E-state index in [1.165, 1.54) is 6.07 Å². The fourth-order valence-electron chi connectivity index (χ4n) is 3.61. The smallest absolute Gasteiger partial charge is 0.243 e. The molecule has 0 bridgehead atoms. The molecule has 1 fully saturated rings. The number of ether oxygens (including phenoxy) is 1. The van der Waals surface area contributed by atoms with Crippen LogP contribution in [0, 0.1) is 11.3 Å². The second kappa shape index (κ2) is 9.90. The van der Waals surface area contributed by atoms with E-state index in [0.717, 1.165) is 30.6 Å². The summed E-state index contributed by atoms with van der Waals surface area (Å²) >= 11 is 0. The molecule has 0 spiro atoms. The van der Waals surface area contributed by atoms with Gasteiger partial charge in [0.25, 0.3) is 0 Å². The molecule has 32 heavy (non-hydrogen) atoms. The van der Waals surface area contributed by atoms with Gasteiger partial charge in [-0.2, -0.15) is 5.26 Å². The highest BCUT2D eigenvalue weighted by atomic mass is 32.2. The van der Waals surface area contributed by atoms with E-state index in [0.29, 0.717) is 30.3 Å². The molecule has 172 valence electrons. The minimum absolute atomic E-state index is 0.117. The summed E-state index contributed by atoms with van der Waals surface area (Å²) in [5.41, 5.74) is 1.34. The van der Waals surface area contributed by atoms with Gasteiger partial charge in [0.05, 0.1) is 24.4 Å². The summed E-state index contributed by atoms with van der Waals surface area (Å²) in [6.45, 7) is 2.75. The molecular formula is C24H32N4O3S. The molecule has 0 aliphatic heterocycles. The zero-order chi connectivity index (χ0) is 23.4. The van der Waals surface area contributed by atoms with Crippen molar-refractivity contribution >= 4 is 15.7 Å². The van der Waals surface area contributed by atoms with Crippen molar-refractivity contribution in [2.45, 2.75) is 49.1 Å². The van der Waals surface area contributed by atoms with E-state index in [1.54, 1.807) is 19.2 Å². The van der Waals surface area contributed by atoms with Crippen LogP contribution in [-0.4, -0.2) is 52.6 Å². The number of nitrogens with zero attached hydrogens (tertiary/aromatic N) is 2. The molecule has 0 aromatic heterocycles. The van der Waals surface area contributed by atoms with Gasteiger partial charge in [0, 0.05) is 18.1 Å². The molecule has 0 heterocycles. The highest BCUT2D eigenvalue weighted by molar-refractivity contribution is 7.89. The lowest BCUT2D eigenvalue weighted by Crippen LogP contribution is -2.38. The fourth-order valence-corrected chi connectivity index (χ4v) is 5.28. The average Bonchev–Trinajstić information content (AvgIpc) is 3.51. The van der Waals surface area contributed by atoms with Crippen molar-refractivity contribution in [1.82, 2.24) is 9.62 Å². The summed E-state index contributed by atoms with van der Waals surface area (Å²) in [7, 11) is 1.82. The van der Waals surface area contributed by atoms with Crippen molar-refractivity contribution in [3.63, 3.8) is 0 Å². The Morgan fingerprint density at radius 1 is 1.22 bits per heavy atom. The summed E-state index contributed by atoms with van der Waals surface area (Å²) in [5, 5.41) is 12.6. The lowest BCUT2D eigenvalue weighted by Gasteiger charge is -2.22. The van der Waals surface area contributed by atoms with Crippen LogP contribution in [-0.2, 0) is 16.4 Å². The van der Waals surface area contributed by atoms with Crippen molar-refractivity contribution in [1.29, 1.82) is 5.26 Å². The van der Waals surface area contributed by atoms with Gasteiger partial charge in [-0.25, -0.2) is 13.1 Å². The molecule has 0 saturated heterocycles. The van der Waals surface area contributed by atoms with Crippen molar-refractivity contribution in [2.75, 3.05) is 33.1 Å². The number of nitrogens with one attached hydrogen (secondary N) is 2. The highest BCUT2D eigenvalue weighted by Crippen LogP contribution is 2.41. The molecule has 0 amide bonds.